The van der Waals surface area contributed by atoms with Gasteiger partial charge < -0.3 is 10.5 Å². The molecule has 0 saturated heterocycles. The van der Waals surface area contributed by atoms with Gasteiger partial charge in [-0.1, -0.05) is 6.92 Å². The van der Waals surface area contributed by atoms with Gasteiger partial charge in [-0.25, -0.2) is 8.42 Å². The van der Waals surface area contributed by atoms with Gasteiger partial charge in [0.2, 0.25) is 0 Å². The van der Waals surface area contributed by atoms with Crippen LogP contribution in [0.2, 0.25) is 0 Å². The van der Waals surface area contributed by atoms with Gasteiger partial charge in [-0.3, -0.25) is 4.79 Å². The highest BCUT2D eigenvalue weighted by atomic mass is 32.2. The molecule has 0 aromatic heterocycles. The fourth-order valence-electron chi connectivity index (χ4n) is 1.39. The second-order valence-corrected chi connectivity index (χ2v) is 7.67. The Balaban J connectivity index is 4.12. The number of carbonyl (C=O) groups excluding carboxylic acids is 1. The molecule has 0 spiro atoms. The van der Waals surface area contributed by atoms with Crippen LogP contribution in [0.3, 0.4) is 0 Å². The Morgan fingerprint density at radius 3 is 2.33 bits per heavy atom. The summed E-state index contributed by atoms with van der Waals surface area (Å²) in [5, 5.41) is 0. The number of hydrogen-bond donors (Lipinski definition) is 1. The second kappa shape index (κ2) is 7.09. The monoisotopic (exact) mass is 279 g/mol. The molecule has 0 bridgehead atoms. The fourth-order valence-corrected chi connectivity index (χ4v) is 2.56. The fraction of sp³-hybridized carbons (Fsp3) is 0.917. The molecule has 1 atom stereocenters. The number of rotatable bonds is 7. The molecular weight excluding hydrogens is 254 g/mol. The van der Waals surface area contributed by atoms with Crippen molar-refractivity contribution in [2.24, 2.45) is 5.73 Å². The van der Waals surface area contributed by atoms with Crippen molar-refractivity contribution >= 4 is 15.8 Å². The van der Waals surface area contributed by atoms with Crippen LogP contribution in [0.4, 0.5) is 0 Å². The topological polar surface area (TPSA) is 86.5 Å². The molecule has 0 aromatic rings. The molecule has 1 unspecified atom stereocenters. The minimum absolute atomic E-state index is 0.0139. The molecule has 0 heterocycles. The maximum atomic E-state index is 11.7. The Labute approximate surface area is 110 Å². The Morgan fingerprint density at radius 2 is 1.89 bits per heavy atom. The summed E-state index contributed by atoms with van der Waals surface area (Å²) in [6.45, 7) is 7.08. The molecule has 0 saturated carbocycles. The molecule has 2 N–H and O–H groups in total. The average molecular weight is 279 g/mol. The van der Waals surface area contributed by atoms with Crippen LogP contribution in [0.5, 0.6) is 0 Å². The number of esters is 1. The SMILES string of the molecule is CCC(N)CCCS(=O)(=O)CC(=O)OC(C)(C)C. The lowest BCUT2D eigenvalue weighted by atomic mass is 10.1. The van der Waals surface area contributed by atoms with Crippen molar-refractivity contribution in [1.82, 2.24) is 0 Å². The summed E-state index contributed by atoms with van der Waals surface area (Å²) < 4.78 is 28.3. The summed E-state index contributed by atoms with van der Waals surface area (Å²) in [4.78, 5) is 11.4. The van der Waals surface area contributed by atoms with Crippen LogP contribution in [0.15, 0.2) is 0 Å². The standard InChI is InChI=1S/C12H25NO4S/c1-5-10(13)7-6-8-18(15,16)9-11(14)17-12(2,3)4/h10H,5-9,13H2,1-4H3. The van der Waals surface area contributed by atoms with Gasteiger partial charge in [0.25, 0.3) is 0 Å². The van der Waals surface area contributed by atoms with E-state index in [2.05, 4.69) is 0 Å². The van der Waals surface area contributed by atoms with Crippen LogP contribution >= 0.6 is 0 Å². The van der Waals surface area contributed by atoms with Crippen molar-refractivity contribution < 1.29 is 17.9 Å². The lowest BCUT2D eigenvalue weighted by Crippen LogP contribution is -2.29. The third kappa shape index (κ3) is 9.41. The van der Waals surface area contributed by atoms with E-state index in [-0.39, 0.29) is 11.8 Å². The van der Waals surface area contributed by atoms with E-state index >= 15 is 0 Å². The third-order valence-electron chi connectivity index (χ3n) is 2.31. The van der Waals surface area contributed by atoms with E-state index in [1.807, 2.05) is 6.92 Å². The molecule has 0 aliphatic carbocycles. The van der Waals surface area contributed by atoms with E-state index in [4.69, 9.17) is 10.5 Å². The molecule has 0 radical (unpaired) electrons. The second-order valence-electron chi connectivity index (χ2n) is 5.49. The van der Waals surface area contributed by atoms with Crippen molar-refractivity contribution in [1.29, 1.82) is 0 Å². The third-order valence-corrected chi connectivity index (χ3v) is 3.90. The molecule has 6 heteroatoms. The number of nitrogens with two attached hydrogens (primary N) is 1. The lowest BCUT2D eigenvalue weighted by Gasteiger charge is -2.19. The van der Waals surface area contributed by atoms with E-state index in [1.165, 1.54) is 0 Å². The molecular formula is C12H25NO4S. The predicted molar refractivity (Wildman–Crippen MR) is 72.0 cm³/mol. The number of ether oxygens (including phenoxy) is 1. The Morgan fingerprint density at radius 1 is 1.33 bits per heavy atom. The van der Waals surface area contributed by atoms with Crippen LogP contribution in [-0.2, 0) is 19.4 Å². The molecule has 18 heavy (non-hydrogen) atoms. The maximum absolute atomic E-state index is 11.7. The molecule has 0 aliphatic rings. The zero-order valence-electron chi connectivity index (χ0n) is 11.7. The van der Waals surface area contributed by atoms with Gasteiger partial charge in [0, 0.05) is 6.04 Å². The summed E-state index contributed by atoms with van der Waals surface area (Å²) in [7, 11) is -3.39. The highest BCUT2D eigenvalue weighted by molar-refractivity contribution is 7.92. The van der Waals surface area contributed by atoms with Crippen LogP contribution in [0.25, 0.3) is 0 Å². The van der Waals surface area contributed by atoms with Crippen LogP contribution in [0.1, 0.15) is 47.0 Å². The number of sulfone groups is 1. The highest BCUT2D eigenvalue weighted by Crippen LogP contribution is 2.09. The van der Waals surface area contributed by atoms with Crippen LogP contribution in [0, 0.1) is 0 Å². The Kier molecular flexibility index (Phi) is 6.84. The van der Waals surface area contributed by atoms with Gasteiger partial charge in [-0.05, 0) is 40.0 Å². The van der Waals surface area contributed by atoms with Gasteiger partial charge in [-0.2, -0.15) is 0 Å². The maximum Gasteiger partial charge on any atom is 0.321 e. The van der Waals surface area contributed by atoms with Crippen molar-refractivity contribution in [3.8, 4) is 0 Å². The van der Waals surface area contributed by atoms with Crippen molar-refractivity contribution in [3.63, 3.8) is 0 Å². The Hall–Kier alpha value is -0.620. The molecule has 0 aliphatic heterocycles. The van der Waals surface area contributed by atoms with E-state index in [9.17, 15) is 13.2 Å². The number of hydrogen-bond acceptors (Lipinski definition) is 5. The van der Waals surface area contributed by atoms with E-state index in [1.54, 1.807) is 20.8 Å². The van der Waals surface area contributed by atoms with Crippen molar-refractivity contribution in [2.75, 3.05) is 11.5 Å². The minimum atomic E-state index is -3.39. The highest BCUT2D eigenvalue weighted by Gasteiger charge is 2.22. The normalized spacial score (nSPS) is 14.3. The molecule has 0 amide bonds. The minimum Gasteiger partial charge on any atom is -0.459 e. The lowest BCUT2D eigenvalue weighted by molar-refractivity contribution is -0.151. The summed E-state index contributed by atoms with van der Waals surface area (Å²) >= 11 is 0. The first-order valence-electron chi connectivity index (χ1n) is 6.23. The summed E-state index contributed by atoms with van der Waals surface area (Å²) in [5.74, 6) is -1.26. The number of carbonyl (C=O) groups is 1. The van der Waals surface area contributed by atoms with Crippen LogP contribution < -0.4 is 5.73 Å². The van der Waals surface area contributed by atoms with Gasteiger partial charge >= 0.3 is 5.97 Å². The molecule has 0 rings (SSSR count). The van der Waals surface area contributed by atoms with Gasteiger partial charge in [-0.15, -0.1) is 0 Å². The van der Waals surface area contributed by atoms with E-state index < -0.39 is 27.2 Å². The summed E-state index contributed by atoms with van der Waals surface area (Å²) in [5.41, 5.74) is 5.04. The molecule has 5 nitrogen and oxygen atoms in total. The molecule has 0 fully saturated rings. The van der Waals surface area contributed by atoms with Crippen molar-refractivity contribution in [3.05, 3.63) is 0 Å². The summed E-state index contributed by atoms with van der Waals surface area (Å²) in [6.07, 6.45) is 1.97. The Bertz CT molecular complexity index is 357. The summed E-state index contributed by atoms with van der Waals surface area (Å²) in [6, 6.07) is 0.0294. The van der Waals surface area contributed by atoms with Gasteiger partial charge in [0.15, 0.2) is 9.84 Å². The predicted octanol–water partition coefficient (Wildman–Crippen LogP) is 1.26. The van der Waals surface area contributed by atoms with E-state index in [0.29, 0.717) is 12.8 Å². The van der Waals surface area contributed by atoms with Gasteiger partial charge in [0.05, 0.1) is 5.75 Å². The molecule has 108 valence electrons. The van der Waals surface area contributed by atoms with Crippen molar-refractivity contribution in [2.45, 2.75) is 58.6 Å². The quantitative estimate of drug-likeness (QED) is 0.709. The first kappa shape index (κ1) is 17.4. The zero-order valence-corrected chi connectivity index (χ0v) is 12.5. The smallest absolute Gasteiger partial charge is 0.321 e. The van der Waals surface area contributed by atoms with E-state index in [0.717, 1.165) is 6.42 Å². The molecule has 0 aromatic carbocycles. The first-order chi connectivity index (χ1) is 8.06. The average Bonchev–Trinajstić information content (AvgIpc) is 2.12. The largest absolute Gasteiger partial charge is 0.459 e. The van der Waals surface area contributed by atoms with Crippen LogP contribution in [-0.4, -0.2) is 37.5 Å². The van der Waals surface area contributed by atoms with Gasteiger partial charge in [0.1, 0.15) is 11.4 Å². The zero-order chi connectivity index (χ0) is 14.4. The first-order valence-corrected chi connectivity index (χ1v) is 8.05.